The van der Waals surface area contributed by atoms with Crippen molar-refractivity contribution in [2.24, 2.45) is 0 Å². The summed E-state index contributed by atoms with van der Waals surface area (Å²) in [6.07, 6.45) is 8.15. The van der Waals surface area contributed by atoms with Gasteiger partial charge in [-0.2, -0.15) is 0 Å². The number of nitrogens with zero attached hydrogens (tertiary/aromatic N) is 1. The highest BCUT2D eigenvalue weighted by Crippen LogP contribution is 2.33. The molecular formula is C21H22N2O3S. The molecule has 2 aromatic heterocycles. The van der Waals surface area contributed by atoms with Gasteiger partial charge in [0.1, 0.15) is 10.7 Å². The second-order valence-corrected chi connectivity index (χ2v) is 7.60. The Hall–Kier alpha value is -2.60. The summed E-state index contributed by atoms with van der Waals surface area (Å²) < 4.78 is 10.9. The van der Waals surface area contributed by atoms with Gasteiger partial charge in [-0.15, -0.1) is 11.3 Å². The fraction of sp³-hybridized carbons (Fsp3) is 0.333. The van der Waals surface area contributed by atoms with E-state index in [1.165, 1.54) is 16.9 Å². The summed E-state index contributed by atoms with van der Waals surface area (Å²) in [6, 6.07) is 5.73. The lowest BCUT2D eigenvalue weighted by Crippen LogP contribution is -2.11. The van der Waals surface area contributed by atoms with Crippen LogP contribution in [0.15, 0.2) is 23.0 Å². The minimum Gasteiger partial charge on any atom is -0.493 e. The molecule has 140 valence electrons. The third-order valence-electron chi connectivity index (χ3n) is 4.76. The monoisotopic (exact) mass is 382 g/mol. The lowest BCUT2D eigenvalue weighted by molar-refractivity contribution is 0.311. The first kappa shape index (κ1) is 17.8. The first-order valence-electron chi connectivity index (χ1n) is 9.23. The average Bonchev–Trinajstić information content (AvgIpc) is 3.05. The van der Waals surface area contributed by atoms with Gasteiger partial charge < -0.3 is 14.5 Å². The number of hydrogen-bond donors (Lipinski definition) is 1. The van der Waals surface area contributed by atoms with Crippen molar-refractivity contribution in [3.05, 3.63) is 50.4 Å². The molecule has 0 bridgehead atoms. The van der Waals surface area contributed by atoms with Crippen LogP contribution in [0, 0.1) is 0 Å². The summed E-state index contributed by atoms with van der Waals surface area (Å²) in [5.41, 5.74) is 2.12. The van der Waals surface area contributed by atoms with Crippen LogP contribution in [0.25, 0.3) is 22.4 Å². The zero-order valence-corrected chi connectivity index (χ0v) is 16.3. The van der Waals surface area contributed by atoms with Gasteiger partial charge in [-0.1, -0.05) is 12.1 Å². The van der Waals surface area contributed by atoms with Crippen LogP contribution in [-0.2, 0) is 12.8 Å². The molecule has 0 aliphatic heterocycles. The van der Waals surface area contributed by atoms with Gasteiger partial charge in [-0.3, -0.25) is 4.79 Å². The fourth-order valence-electron chi connectivity index (χ4n) is 3.50. The maximum Gasteiger partial charge on any atom is 0.260 e. The normalized spacial score (nSPS) is 13.9. The van der Waals surface area contributed by atoms with E-state index in [2.05, 4.69) is 9.97 Å². The van der Waals surface area contributed by atoms with Crippen molar-refractivity contribution >= 4 is 33.7 Å². The largest absolute Gasteiger partial charge is 0.493 e. The molecule has 0 atom stereocenters. The van der Waals surface area contributed by atoms with E-state index in [0.717, 1.165) is 35.0 Å². The molecule has 0 saturated heterocycles. The van der Waals surface area contributed by atoms with Crippen LogP contribution in [0.1, 0.15) is 41.6 Å². The van der Waals surface area contributed by atoms with E-state index in [1.807, 2.05) is 37.3 Å². The van der Waals surface area contributed by atoms with E-state index in [-0.39, 0.29) is 5.56 Å². The SMILES string of the molecule is CCOc1cc(/C=C/c2nc3sc4c(c3c(=O)[nH]2)CCCC4)ccc1OC. The van der Waals surface area contributed by atoms with Gasteiger partial charge in [-0.05, 0) is 61.9 Å². The highest BCUT2D eigenvalue weighted by molar-refractivity contribution is 7.18. The molecule has 0 saturated carbocycles. The van der Waals surface area contributed by atoms with Crippen LogP contribution in [0.4, 0.5) is 0 Å². The lowest BCUT2D eigenvalue weighted by atomic mass is 9.97. The molecule has 0 unspecified atom stereocenters. The standard InChI is InChI=1S/C21H22N2O3S/c1-3-26-16-12-13(8-10-15(16)25-2)9-11-18-22-20(24)19-14-6-4-5-7-17(14)27-21(19)23-18/h8-12H,3-7H2,1-2H3,(H,22,23,24)/b11-9+. The van der Waals surface area contributed by atoms with Crippen molar-refractivity contribution < 1.29 is 9.47 Å². The van der Waals surface area contributed by atoms with E-state index < -0.39 is 0 Å². The van der Waals surface area contributed by atoms with Crippen LogP contribution >= 0.6 is 11.3 Å². The number of ether oxygens (including phenoxy) is 2. The molecule has 2 heterocycles. The molecular weight excluding hydrogens is 360 g/mol. The van der Waals surface area contributed by atoms with Crippen LogP contribution in [0.5, 0.6) is 11.5 Å². The Morgan fingerprint density at radius 1 is 1.22 bits per heavy atom. The van der Waals surface area contributed by atoms with Gasteiger partial charge in [0.2, 0.25) is 0 Å². The molecule has 3 aromatic rings. The molecule has 6 heteroatoms. The highest BCUT2D eigenvalue weighted by Gasteiger charge is 2.19. The van der Waals surface area contributed by atoms with Gasteiger partial charge >= 0.3 is 0 Å². The fourth-order valence-corrected chi connectivity index (χ4v) is 4.77. The Morgan fingerprint density at radius 3 is 2.89 bits per heavy atom. The molecule has 1 aromatic carbocycles. The van der Waals surface area contributed by atoms with Crippen molar-refractivity contribution in [3.8, 4) is 11.5 Å². The first-order valence-corrected chi connectivity index (χ1v) is 10.0. The van der Waals surface area contributed by atoms with E-state index in [0.29, 0.717) is 23.9 Å². The number of H-pyrrole nitrogens is 1. The Labute approximate surface area is 161 Å². The average molecular weight is 382 g/mol. The predicted molar refractivity (Wildman–Crippen MR) is 110 cm³/mol. The molecule has 0 radical (unpaired) electrons. The molecule has 1 aliphatic carbocycles. The lowest BCUT2D eigenvalue weighted by Gasteiger charge is -2.09. The van der Waals surface area contributed by atoms with Crippen molar-refractivity contribution in [2.75, 3.05) is 13.7 Å². The summed E-state index contributed by atoms with van der Waals surface area (Å²) in [5.74, 6) is 1.97. The first-order chi connectivity index (χ1) is 13.2. The number of aromatic nitrogens is 2. The minimum atomic E-state index is -0.0382. The van der Waals surface area contributed by atoms with Gasteiger partial charge in [-0.25, -0.2) is 4.98 Å². The van der Waals surface area contributed by atoms with Crippen LogP contribution in [-0.4, -0.2) is 23.7 Å². The summed E-state index contributed by atoms with van der Waals surface area (Å²) >= 11 is 1.66. The summed E-state index contributed by atoms with van der Waals surface area (Å²) in [6.45, 7) is 2.50. The van der Waals surface area contributed by atoms with Gasteiger partial charge in [0, 0.05) is 4.88 Å². The van der Waals surface area contributed by atoms with Crippen molar-refractivity contribution in [1.29, 1.82) is 0 Å². The Morgan fingerprint density at radius 2 is 2.07 bits per heavy atom. The van der Waals surface area contributed by atoms with Crippen LogP contribution < -0.4 is 15.0 Å². The second kappa shape index (κ2) is 7.56. The number of benzene rings is 1. The zero-order chi connectivity index (χ0) is 18.8. The van der Waals surface area contributed by atoms with Gasteiger partial charge in [0.15, 0.2) is 11.5 Å². The summed E-state index contributed by atoms with van der Waals surface area (Å²) in [5, 5.41) is 0.787. The van der Waals surface area contributed by atoms with Crippen molar-refractivity contribution in [1.82, 2.24) is 9.97 Å². The molecule has 4 rings (SSSR count). The topological polar surface area (TPSA) is 64.2 Å². The highest BCUT2D eigenvalue weighted by atomic mass is 32.1. The quantitative estimate of drug-likeness (QED) is 0.708. The molecule has 1 aliphatic rings. The third kappa shape index (κ3) is 3.49. The van der Waals surface area contributed by atoms with Crippen molar-refractivity contribution in [2.45, 2.75) is 32.6 Å². The number of rotatable bonds is 5. The molecule has 0 fully saturated rings. The third-order valence-corrected chi connectivity index (χ3v) is 5.95. The zero-order valence-electron chi connectivity index (χ0n) is 15.5. The Balaban J connectivity index is 1.67. The minimum absolute atomic E-state index is 0.0382. The number of aryl methyl sites for hydroxylation is 2. The molecule has 5 nitrogen and oxygen atoms in total. The maximum atomic E-state index is 12.6. The smallest absolute Gasteiger partial charge is 0.260 e. The number of aromatic amines is 1. The van der Waals surface area contributed by atoms with Gasteiger partial charge in [0.25, 0.3) is 5.56 Å². The Bertz CT molecular complexity index is 1070. The van der Waals surface area contributed by atoms with E-state index in [9.17, 15) is 4.79 Å². The second-order valence-electron chi connectivity index (χ2n) is 6.52. The number of fused-ring (bicyclic) bond motifs is 3. The maximum absolute atomic E-state index is 12.6. The predicted octanol–water partition coefficient (Wildman–Crippen LogP) is 4.44. The molecule has 0 spiro atoms. The number of nitrogens with one attached hydrogen (secondary N) is 1. The molecule has 0 amide bonds. The molecule has 27 heavy (non-hydrogen) atoms. The summed E-state index contributed by atoms with van der Waals surface area (Å²) in [7, 11) is 1.62. The van der Waals surface area contributed by atoms with Crippen LogP contribution in [0.3, 0.4) is 0 Å². The molecule has 1 N–H and O–H groups in total. The van der Waals surface area contributed by atoms with E-state index in [1.54, 1.807) is 18.4 Å². The number of hydrogen-bond acceptors (Lipinski definition) is 5. The van der Waals surface area contributed by atoms with E-state index >= 15 is 0 Å². The Kier molecular flexibility index (Phi) is 4.99. The van der Waals surface area contributed by atoms with Gasteiger partial charge in [0.05, 0.1) is 19.1 Å². The number of thiophene rings is 1. The van der Waals surface area contributed by atoms with E-state index in [4.69, 9.17) is 9.47 Å². The summed E-state index contributed by atoms with van der Waals surface area (Å²) in [4.78, 5) is 22.4. The van der Waals surface area contributed by atoms with Crippen LogP contribution in [0.2, 0.25) is 0 Å². The number of methoxy groups -OCH3 is 1. The van der Waals surface area contributed by atoms with Crippen molar-refractivity contribution in [3.63, 3.8) is 0 Å².